The average molecular weight is 369 g/mol. The molecule has 0 saturated heterocycles. The molecule has 0 unspecified atom stereocenters. The molecule has 2 N–H and O–H groups in total. The monoisotopic (exact) mass is 368 g/mol. The van der Waals surface area contributed by atoms with Crippen molar-refractivity contribution < 1.29 is 21.8 Å². The van der Waals surface area contributed by atoms with Gasteiger partial charge in [0.1, 0.15) is 0 Å². The van der Waals surface area contributed by atoms with Crippen LogP contribution in [0.15, 0.2) is 0 Å². The lowest BCUT2D eigenvalue weighted by molar-refractivity contribution is 0.0859. The Kier molecular flexibility index (Phi) is 13.5. The van der Waals surface area contributed by atoms with Crippen LogP contribution in [0, 0.1) is 0 Å². The third-order valence-corrected chi connectivity index (χ3v) is 10.6. The van der Waals surface area contributed by atoms with E-state index in [4.69, 9.17) is 21.8 Å². The predicted octanol–water partition coefficient (Wildman–Crippen LogP) is 1.47. The van der Waals surface area contributed by atoms with E-state index in [0.717, 1.165) is 51.1 Å². The summed E-state index contributed by atoms with van der Waals surface area (Å²) in [4.78, 5) is 0. The fourth-order valence-corrected chi connectivity index (χ4v) is 8.71. The Morgan fingerprint density at radius 2 is 1.00 bits per heavy atom. The minimum absolute atomic E-state index is 0.738. The predicted molar refractivity (Wildman–Crippen MR) is 96.6 cm³/mol. The van der Waals surface area contributed by atoms with E-state index in [1.807, 2.05) is 0 Å². The van der Waals surface area contributed by atoms with Crippen molar-refractivity contribution in [2.45, 2.75) is 38.8 Å². The van der Waals surface area contributed by atoms with E-state index in [1.165, 1.54) is 0 Å². The Bertz CT molecular complexity index is 254. The molecule has 0 aromatic heterocycles. The van der Waals surface area contributed by atoms with Gasteiger partial charge < -0.3 is 32.5 Å². The molecule has 0 amide bonds. The second-order valence-electron chi connectivity index (χ2n) is 5.20. The molecule has 23 heavy (non-hydrogen) atoms. The van der Waals surface area contributed by atoms with Gasteiger partial charge in [0.2, 0.25) is 0 Å². The van der Waals surface area contributed by atoms with E-state index in [9.17, 15) is 0 Å². The molecule has 0 aromatic carbocycles. The third kappa shape index (κ3) is 8.70. The topological polar surface area (TPSA) is 70.2 Å². The zero-order valence-electron chi connectivity index (χ0n) is 15.7. The van der Waals surface area contributed by atoms with E-state index in [-0.39, 0.29) is 0 Å². The highest BCUT2D eigenvalue weighted by molar-refractivity contribution is 6.74. The summed E-state index contributed by atoms with van der Waals surface area (Å²) in [6.45, 7) is 7.91. The highest BCUT2D eigenvalue weighted by Crippen LogP contribution is 2.26. The van der Waals surface area contributed by atoms with Gasteiger partial charge in [-0.1, -0.05) is 13.8 Å². The number of hydrogen-bond acceptors (Lipinski definition) is 7. The third-order valence-electron chi connectivity index (χ3n) is 3.73. The van der Waals surface area contributed by atoms with Crippen molar-refractivity contribution in [3.8, 4) is 0 Å². The Morgan fingerprint density at radius 1 is 0.652 bits per heavy atom. The molecule has 9 heteroatoms. The molecule has 0 fully saturated rings. The second kappa shape index (κ2) is 13.4. The lowest BCUT2D eigenvalue weighted by atomic mass is 10.5. The van der Waals surface area contributed by atoms with Crippen LogP contribution >= 0.6 is 0 Å². The summed E-state index contributed by atoms with van der Waals surface area (Å²) < 4.78 is 29.0. The van der Waals surface area contributed by atoms with Crippen molar-refractivity contribution in [1.82, 2.24) is 10.6 Å². The zero-order chi connectivity index (χ0) is 17.6. The zero-order valence-corrected chi connectivity index (χ0v) is 17.7. The molecule has 0 aliphatic carbocycles. The maximum atomic E-state index is 6.32. The van der Waals surface area contributed by atoms with Crippen LogP contribution in [-0.2, 0) is 21.8 Å². The molecule has 7 nitrogen and oxygen atoms in total. The summed E-state index contributed by atoms with van der Waals surface area (Å²) in [6.07, 6.45) is 1.86. The van der Waals surface area contributed by atoms with Gasteiger partial charge in [-0.25, -0.2) is 0 Å². The summed E-state index contributed by atoms with van der Waals surface area (Å²) in [5.41, 5.74) is 0. The van der Waals surface area contributed by atoms with Crippen LogP contribution in [0.25, 0.3) is 0 Å². The van der Waals surface area contributed by atoms with Gasteiger partial charge >= 0.3 is 17.6 Å². The van der Waals surface area contributed by atoms with Crippen LogP contribution < -0.4 is 10.6 Å². The smallest absolute Gasteiger partial charge is 0.377 e. The Morgan fingerprint density at radius 3 is 1.26 bits per heavy atom. The average Bonchev–Trinajstić information content (AvgIpc) is 2.60. The molecule has 0 aliphatic rings. The summed E-state index contributed by atoms with van der Waals surface area (Å²) in [5, 5.41) is 6.61. The van der Waals surface area contributed by atoms with Crippen LogP contribution in [0.3, 0.4) is 0 Å². The lowest BCUT2D eigenvalue weighted by Gasteiger charge is -2.35. The normalized spacial score (nSPS) is 12.8. The summed E-state index contributed by atoms with van der Waals surface area (Å²) in [6, 6.07) is 1.48. The highest BCUT2D eigenvalue weighted by atomic mass is 28.5. The number of hydrogen-bond donors (Lipinski definition) is 2. The van der Waals surface area contributed by atoms with Crippen molar-refractivity contribution >= 4 is 17.6 Å². The van der Waals surface area contributed by atoms with Gasteiger partial charge in [-0.3, -0.25) is 0 Å². The Hall–Kier alpha value is 0.154. The first kappa shape index (κ1) is 23.2. The Balaban J connectivity index is 4.77. The molecule has 140 valence electrons. The molecular formula is C14H36N2O5Si2. The standard InChI is InChI=1S/C14H36N2O5Si2/c1-7-15-11-9-13-22(17-3,18-4)21-23(19-5,20-6)14-10-12-16-8-2/h15-16H,7-14H2,1-6H3. The lowest BCUT2D eigenvalue weighted by Crippen LogP contribution is -2.57. The molecule has 0 aliphatic heterocycles. The molecule has 0 heterocycles. The summed E-state index contributed by atoms with van der Waals surface area (Å²) in [5.74, 6) is 0. The van der Waals surface area contributed by atoms with Crippen LogP contribution in [0.2, 0.25) is 12.1 Å². The van der Waals surface area contributed by atoms with Crippen molar-refractivity contribution in [2.24, 2.45) is 0 Å². The van der Waals surface area contributed by atoms with Gasteiger partial charge in [0.25, 0.3) is 0 Å². The van der Waals surface area contributed by atoms with Crippen molar-refractivity contribution in [3.05, 3.63) is 0 Å². The first-order chi connectivity index (χ1) is 11.1. The van der Waals surface area contributed by atoms with Crippen molar-refractivity contribution in [3.63, 3.8) is 0 Å². The fourth-order valence-electron chi connectivity index (χ4n) is 2.29. The van der Waals surface area contributed by atoms with Gasteiger partial charge in [0, 0.05) is 40.5 Å². The van der Waals surface area contributed by atoms with Crippen molar-refractivity contribution in [1.29, 1.82) is 0 Å². The van der Waals surface area contributed by atoms with E-state index >= 15 is 0 Å². The maximum Gasteiger partial charge on any atom is 0.493 e. The molecule has 0 saturated carbocycles. The van der Waals surface area contributed by atoms with Gasteiger partial charge in [-0.2, -0.15) is 0 Å². The fraction of sp³-hybridized carbons (Fsp3) is 1.00. The molecule has 0 aromatic rings. The number of rotatable bonds is 16. The van der Waals surface area contributed by atoms with Crippen molar-refractivity contribution in [2.75, 3.05) is 54.6 Å². The number of nitrogens with one attached hydrogen (secondary N) is 2. The highest BCUT2D eigenvalue weighted by Gasteiger charge is 2.51. The molecule has 0 rings (SSSR count). The first-order valence-electron chi connectivity index (χ1n) is 8.39. The molecule has 0 radical (unpaired) electrons. The van der Waals surface area contributed by atoms with Crippen LogP contribution in [0.5, 0.6) is 0 Å². The molecule has 0 atom stereocenters. The molecule has 0 bridgehead atoms. The van der Waals surface area contributed by atoms with E-state index in [0.29, 0.717) is 0 Å². The SMILES string of the molecule is CCNCCC[Si](OC)(OC)O[Si](CCCNCC)(OC)OC. The van der Waals surface area contributed by atoms with E-state index in [2.05, 4.69) is 24.5 Å². The van der Waals surface area contributed by atoms with Gasteiger partial charge in [0.15, 0.2) is 0 Å². The first-order valence-corrected chi connectivity index (χ1v) is 12.3. The maximum absolute atomic E-state index is 6.32. The largest absolute Gasteiger partial charge is 0.493 e. The second-order valence-corrected chi connectivity index (χ2v) is 11.4. The summed E-state index contributed by atoms with van der Waals surface area (Å²) >= 11 is 0. The quantitative estimate of drug-likeness (QED) is 0.316. The van der Waals surface area contributed by atoms with Gasteiger partial charge in [-0.05, 0) is 39.0 Å². The minimum atomic E-state index is -2.79. The van der Waals surface area contributed by atoms with Crippen LogP contribution in [0.4, 0.5) is 0 Å². The van der Waals surface area contributed by atoms with Gasteiger partial charge in [0.05, 0.1) is 0 Å². The minimum Gasteiger partial charge on any atom is -0.377 e. The molecule has 0 spiro atoms. The van der Waals surface area contributed by atoms with Crippen LogP contribution in [0.1, 0.15) is 26.7 Å². The summed E-state index contributed by atoms with van der Waals surface area (Å²) in [7, 11) is 1.00. The van der Waals surface area contributed by atoms with Gasteiger partial charge in [-0.15, -0.1) is 0 Å². The van der Waals surface area contributed by atoms with E-state index in [1.54, 1.807) is 28.4 Å². The van der Waals surface area contributed by atoms with E-state index < -0.39 is 17.6 Å². The Labute approximate surface area is 144 Å². The molecular weight excluding hydrogens is 332 g/mol. The van der Waals surface area contributed by atoms with Crippen LogP contribution in [-0.4, -0.2) is 72.2 Å².